The molecule has 1 aliphatic rings. The van der Waals surface area contributed by atoms with Crippen LogP contribution in [0.3, 0.4) is 0 Å². The number of benzene rings is 4. The van der Waals surface area contributed by atoms with Gasteiger partial charge in [0.25, 0.3) is 0 Å². The Bertz CT molecular complexity index is 1400. The third-order valence-corrected chi connectivity index (χ3v) is 9.21. The summed E-state index contributed by atoms with van der Waals surface area (Å²) in [4.78, 5) is 62.0. The van der Waals surface area contributed by atoms with Crippen LogP contribution < -0.4 is 0 Å². The van der Waals surface area contributed by atoms with Crippen molar-refractivity contribution in [1.29, 1.82) is 0 Å². The summed E-state index contributed by atoms with van der Waals surface area (Å²) < 4.78 is 0. The van der Waals surface area contributed by atoms with Crippen molar-refractivity contribution in [3.63, 3.8) is 0 Å². The molecule has 0 aromatic heterocycles. The molecule has 0 amide bonds. The van der Waals surface area contributed by atoms with Crippen molar-refractivity contribution in [3.8, 4) is 0 Å². The predicted octanol–water partition coefficient (Wildman–Crippen LogP) is 5.52. The van der Waals surface area contributed by atoms with Crippen molar-refractivity contribution in [1.82, 2.24) is 19.6 Å². The molecule has 1 saturated heterocycles. The highest BCUT2D eigenvalue weighted by atomic mass is 16.1. The van der Waals surface area contributed by atoms with Gasteiger partial charge < -0.3 is 0 Å². The van der Waals surface area contributed by atoms with Gasteiger partial charge in [0.1, 0.15) is 0 Å². The van der Waals surface area contributed by atoms with Gasteiger partial charge in [-0.1, -0.05) is 121 Å². The van der Waals surface area contributed by atoms with Crippen molar-refractivity contribution in [2.24, 2.45) is 0 Å². The Balaban J connectivity index is 1.34. The van der Waals surface area contributed by atoms with Crippen LogP contribution in [-0.4, -0.2) is 121 Å². The standard InChI is InChI=1S/C42H48N4O4/c47-39(35-15-5-1-6-16-35)31-43-23-13-24-45(33-41(49)37-19-9-3-10-20-37)29-30-46(34-42(50)38-21-11-4-12-22-38)26-14-25-44(28-27-43)32-40(48)36-17-7-2-8-18-36/h1-12,15-22H,13-14,23-34H2. The molecule has 0 N–H and O–H groups in total. The zero-order valence-electron chi connectivity index (χ0n) is 28.9. The second-order valence-corrected chi connectivity index (χ2v) is 13.0. The van der Waals surface area contributed by atoms with E-state index in [1.165, 1.54) is 0 Å². The molecule has 1 aliphatic heterocycles. The molecular formula is C42H48N4O4. The molecular weight excluding hydrogens is 624 g/mol. The minimum Gasteiger partial charge on any atom is -0.294 e. The van der Waals surface area contributed by atoms with E-state index in [4.69, 9.17) is 0 Å². The van der Waals surface area contributed by atoms with E-state index >= 15 is 0 Å². The van der Waals surface area contributed by atoms with Crippen LogP contribution in [0.2, 0.25) is 0 Å². The Morgan fingerprint density at radius 2 is 0.520 bits per heavy atom. The Labute approximate surface area is 296 Å². The summed E-state index contributed by atoms with van der Waals surface area (Å²) in [6.45, 7) is 6.31. The molecule has 4 aromatic carbocycles. The minimum atomic E-state index is 0.0634. The van der Waals surface area contributed by atoms with Crippen LogP contribution >= 0.6 is 0 Å². The summed E-state index contributed by atoms with van der Waals surface area (Å²) in [7, 11) is 0. The van der Waals surface area contributed by atoms with E-state index in [1.807, 2.05) is 121 Å². The second kappa shape index (κ2) is 19.6. The first-order valence-corrected chi connectivity index (χ1v) is 17.7. The first-order valence-electron chi connectivity index (χ1n) is 17.7. The Morgan fingerprint density at radius 1 is 0.320 bits per heavy atom. The Kier molecular flexibility index (Phi) is 14.3. The number of Topliss-reactive ketones (excluding diaryl/α,β-unsaturated/α-hetero) is 4. The van der Waals surface area contributed by atoms with E-state index in [0.717, 1.165) is 12.8 Å². The normalized spacial score (nSPS) is 16.3. The fourth-order valence-corrected chi connectivity index (χ4v) is 6.35. The summed E-state index contributed by atoms with van der Waals surface area (Å²) >= 11 is 0. The summed E-state index contributed by atoms with van der Waals surface area (Å²) in [6, 6.07) is 37.5. The maximum atomic E-state index is 13.3. The van der Waals surface area contributed by atoms with Crippen LogP contribution in [0.25, 0.3) is 0 Å². The third kappa shape index (κ3) is 11.8. The second-order valence-electron chi connectivity index (χ2n) is 13.0. The van der Waals surface area contributed by atoms with Crippen LogP contribution in [-0.2, 0) is 0 Å². The van der Waals surface area contributed by atoms with E-state index in [9.17, 15) is 19.2 Å². The number of nitrogens with zero attached hydrogens (tertiary/aromatic N) is 4. The summed E-state index contributed by atoms with van der Waals surface area (Å²) in [5, 5.41) is 0. The number of rotatable bonds is 12. The lowest BCUT2D eigenvalue weighted by Gasteiger charge is -2.31. The van der Waals surface area contributed by atoms with Crippen LogP contribution in [0.15, 0.2) is 121 Å². The van der Waals surface area contributed by atoms with Gasteiger partial charge in [-0.3, -0.25) is 38.8 Å². The van der Waals surface area contributed by atoms with Crippen molar-refractivity contribution in [2.45, 2.75) is 12.8 Å². The van der Waals surface area contributed by atoms with Crippen LogP contribution in [0.4, 0.5) is 0 Å². The fraction of sp³-hybridized carbons (Fsp3) is 0.333. The Hall–Kier alpha value is -4.60. The van der Waals surface area contributed by atoms with Crippen molar-refractivity contribution >= 4 is 23.1 Å². The molecule has 1 fully saturated rings. The van der Waals surface area contributed by atoms with Crippen molar-refractivity contribution in [3.05, 3.63) is 144 Å². The van der Waals surface area contributed by atoms with E-state index in [1.54, 1.807) is 0 Å². The summed E-state index contributed by atoms with van der Waals surface area (Å²) in [5.41, 5.74) is 2.73. The van der Waals surface area contributed by atoms with Gasteiger partial charge in [0.05, 0.1) is 26.2 Å². The average molecular weight is 673 g/mol. The monoisotopic (exact) mass is 672 g/mol. The maximum Gasteiger partial charge on any atom is 0.176 e. The van der Waals surface area contributed by atoms with Gasteiger partial charge >= 0.3 is 0 Å². The van der Waals surface area contributed by atoms with Gasteiger partial charge in [-0.15, -0.1) is 0 Å². The summed E-state index contributed by atoms with van der Waals surface area (Å²) in [5.74, 6) is 0.254. The zero-order valence-corrected chi connectivity index (χ0v) is 28.9. The first-order chi connectivity index (χ1) is 24.4. The lowest BCUT2D eigenvalue weighted by atomic mass is 10.1. The first kappa shape index (κ1) is 36.7. The van der Waals surface area contributed by atoms with Crippen molar-refractivity contribution in [2.75, 3.05) is 78.5 Å². The van der Waals surface area contributed by atoms with Gasteiger partial charge in [0.2, 0.25) is 0 Å². The van der Waals surface area contributed by atoms with Gasteiger partial charge in [-0.2, -0.15) is 0 Å². The van der Waals surface area contributed by atoms with Gasteiger partial charge in [0.15, 0.2) is 23.1 Å². The van der Waals surface area contributed by atoms with Crippen molar-refractivity contribution < 1.29 is 19.2 Å². The highest BCUT2D eigenvalue weighted by molar-refractivity contribution is 5.99. The molecule has 0 spiro atoms. The molecule has 0 aliphatic carbocycles. The molecule has 8 heteroatoms. The molecule has 0 atom stereocenters. The number of carbonyl (C=O) groups is 4. The molecule has 8 nitrogen and oxygen atoms in total. The highest BCUT2D eigenvalue weighted by Crippen LogP contribution is 2.10. The molecule has 0 bridgehead atoms. The summed E-state index contributed by atoms with van der Waals surface area (Å²) in [6.07, 6.45) is 1.52. The fourth-order valence-electron chi connectivity index (χ4n) is 6.35. The van der Waals surface area contributed by atoms with E-state index < -0.39 is 0 Å². The highest BCUT2D eigenvalue weighted by Gasteiger charge is 2.21. The van der Waals surface area contributed by atoms with Crippen LogP contribution in [0.1, 0.15) is 54.3 Å². The molecule has 0 unspecified atom stereocenters. The zero-order chi connectivity index (χ0) is 35.0. The third-order valence-electron chi connectivity index (χ3n) is 9.21. The number of ketones is 4. The van der Waals surface area contributed by atoms with Crippen LogP contribution in [0, 0.1) is 0 Å². The van der Waals surface area contributed by atoms with Gasteiger partial charge in [-0.05, 0) is 39.0 Å². The maximum absolute atomic E-state index is 13.3. The average Bonchev–Trinajstić information content (AvgIpc) is 3.16. The molecule has 0 radical (unpaired) electrons. The van der Waals surface area contributed by atoms with E-state index in [2.05, 4.69) is 19.6 Å². The molecule has 4 aromatic rings. The predicted molar refractivity (Wildman–Crippen MR) is 198 cm³/mol. The smallest absolute Gasteiger partial charge is 0.176 e. The topological polar surface area (TPSA) is 81.2 Å². The molecule has 0 saturated carbocycles. The van der Waals surface area contributed by atoms with E-state index in [0.29, 0.717) is 74.6 Å². The molecule has 1 heterocycles. The van der Waals surface area contributed by atoms with Gasteiger partial charge in [-0.25, -0.2) is 0 Å². The largest absolute Gasteiger partial charge is 0.294 e. The number of hydrogen-bond acceptors (Lipinski definition) is 8. The SMILES string of the molecule is O=C(CN1CCCN(CC(=O)c2ccccc2)CCN(CC(=O)c2ccccc2)CCCN(CC(=O)c2ccccc2)CC1)c1ccccc1. The molecule has 5 rings (SSSR count). The van der Waals surface area contributed by atoms with Gasteiger partial charge in [0, 0.05) is 48.4 Å². The number of hydrogen-bond donors (Lipinski definition) is 0. The quantitative estimate of drug-likeness (QED) is 0.182. The number of carbonyl (C=O) groups excluding carboxylic acids is 4. The molecule has 260 valence electrons. The molecule has 50 heavy (non-hydrogen) atoms. The lowest BCUT2D eigenvalue weighted by Crippen LogP contribution is -2.44. The Morgan fingerprint density at radius 3 is 0.720 bits per heavy atom. The minimum absolute atomic E-state index is 0.0634. The van der Waals surface area contributed by atoms with E-state index in [-0.39, 0.29) is 49.3 Å². The lowest BCUT2D eigenvalue weighted by molar-refractivity contribution is 0.0834. The van der Waals surface area contributed by atoms with Crippen LogP contribution in [0.5, 0.6) is 0 Å².